The lowest BCUT2D eigenvalue weighted by Crippen LogP contribution is -2.10. The number of allylic oxidation sites excluding steroid dienone is 3. The van der Waals surface area contributed by atoms with Gasteiger partial charge in [-0.1, -0.05) is 30.4 Å². The molecule has 0 saturated carbocycles. The molecule has 0 radical (unpaired) electrons. The average Bonchev–Trinajstić information content (AvgIpc) is 3.27. The fourth-order valence-electron chi connectivity index (χ4n) is 2.28. The molecule has 0 saturated heterocycles. The summed E-state index contributed by atoms with van der Waals surface area (Å²) < 4.78 is 17.2. The normalized spacial score (nSPS) is 12.0. The Bertz CT molecular complexity index is 921. The average molecular weight is 336 g/mol. The highest BCUT2D eigenvalue weighted by Crippen LogP contribution is 2.17. The molecule has 0 aliphatic rings. The summed E-state index contributed by atoms with van der Waals surface area (Å²) in [6, 6.07) is 8.35. The number of hydrogen-bond acceptors (Lipinski definition) is 4. The molecule has 7 heteroatoms. The zero-order valence-electron chi connectivity index (χ0n) is 13.7. The fraction of sp³-hybridized carbons (Fsp3) is 0.111. The van der Waals surface area contributed by atoms with Crippen molar-refractivity contribution in [1.29, 1.82) is 0 Å². The molecule has 0 aliphatic carbocycles. The lowest BCUT2D eigenvalue weighted by atomic mass is 10.2. The van der Waals surface area contributed by atoms with Gasteiger partial charge in [0.1, 0.15) is 11.5 Å². The Hall–Kier alpha value is -3.35. The summed E-state index contributed by atoms with van der Waals surface area (Å²) in [5.41, 5.74) is 1.04. The summed E-state index contributed by atoms with van der Waals surface area (Å²) in [5, 5.41) is 8.66. The van der Waals surface area contributed by atoms with Gasteiger partial charge in [0.15, 0.2) is 0 Å². The third-order valence-electron chi connectivity index (χ3n) is 3.49. The van der Waals surface area contributed by atoms with Crippen LogP contribution in [-0.4, -0.2) is 31.3 Å². The maximum atomic E-state index is 14.0. The molecule has 0 amide bonds. The molecule has 0 atom stereocenters. The van der Waals surface area contributed by atoms with Crippen molar-refractivity contribution in [2.75, 3.05) is 0 Å². The largest absolute Gasteiger partial charge is 0.261 e. The van der Waals surface area contributed by atoms with Crippen LogP contribution in [0.4, 0.5) is 4.39 Å². The Morgan fingerprint density at radius 1 is 1.32 bits per heavy atom. The standard InChI is InChI=1S/C18H17FN6/c1-3-4-10-16(20-2)17-22-18(24-12-7-11-21-24)25(23-17)13-14-8-5-6-9-15(14)19/h3-12H,2,13H2,1H3. The quantitative estimate of drug-likeness (QED) is 0.513. The molecule has 126 valence electrons. The van der Waals surface area contributed by atoms with Gasteiger partial charge >= 0.3 is 0 Å². The van der Waals surface area contributed by atoms with Crippen molar-refractivity contribution >= 4 is 12.4 Å². The molecule has 0 N–H and O–H groups in total. The Morgan fingerprint density at radius 3 is 2.84 bits per heavy atom. The van der Waals surface area contributed by atoms with E-state index in [-0.39, 0.29) is 12.4 Å². The first-order chi connectivity index (χ1) is 12.2. The number of halogens is 1. The Balaban J connectivity index is 2.07. The summed E-state index contributed by atoms with van der Waals surface area (Å²) in [6.45, 7) is 5.69. The van der Waals surface area contributed by atoms with Crippen molar-refractivity contribution in [3.8, 4) is 5.95 Å². The zero-order valence-corrected chi connectivity index (χ0v) is 13.7. The van der Waals surface area contributed by atoms with Gasteiger partial charge in [0.05, 0.1) is 6.54 Å². The van der Waals surface area contributed by atoms with Gasteiger partial charge in [-0.2, -0.15) is 10.1 Å². The van der Waals surface area contributed by atoms with Gasteiger partial charge in [0, 0.05) is 18.0 Å². The van der Waals surface area contributed by atoms with Crippen LogP contribution in [0.25, 0.3) is 11.6 Å². The number of aliphatic imine (C=N–C) groups is 1. The van der Waals surface area contributed by atoms with Crippen LogP contribution in [0.3, 0.4) is 0 Å². The van der Waals surface area contributed by atoms with Crippen LogP contribution in [0, 0.1) is 5.82 Å². The number of nitrogens with zero attached hydrogens (tertiary/aromatic N) is 6. The highest BCUT2D eigenvalue weighted by atomic mass is 19.1. The molecule has 2 aromatic heterocycles. The van der Waals surface area contributed by atoms with Gasteiger partial charge in [-0.3, -0.25) is 4.99 Å². The summed E-state index contributed by atoms with van der Waals surface area (Å²) in [7, 11) is 0. The van der Waals surface area contributed by atoms with Gasteiger partial charge in [0.2, 0.25) is 11.8 Å². The van der Waals surface area contributed by atoms with E-state index in [1.54, 1.807) is 52.1 Å². The van der Waals surface area contributed by atoms with E-state index < -0.39 is 0 Å². The predicted octanol–water partition coefficient (Wildman–Crippen LogP) is 3.27. The van der Waals surface area contributed by atoms with E-state index in [0.717, 1.165) is 0 Å². The van der Waals surface area contributed by atoms with Crippen LogP contribution >= 0.6 is 0 Å². The van der Waals surface area contributed by atoms with Gasteiger partial charge in [-0.15, -0.1) is 5.10 Å². The molecule has 0 unspecified atom stereocenters. The molecular formula is C18H17FN6. The van der Waals surface area contributed by atoms with E-state index in [9.17, 15) is 4.39 Å². The highest BCUT2D eigenvalue weighted by Gasteiger charge is 2.16. The maximum Gasteiger partial charge on any atom is 0.249 e. The third-order valence-corrected chi connectivity index (χ3v) is 3.49. The fourth-order valence-corrected chi connectivity index (χ4v) is 2.28. The molecule has 3 rings (SSSR count). The molecule has 0 spiro atoms. The van der Waals surface area contributed by atoms with E-state index in [4.69, 9.17) is 0 Å². The van der Waals surface area contributed by atoms with Crippen LogP contribution in [-0.2, 0) is 6.54 Å². The van der Waals surface area contributed by atoms with Crippen LogP contribution in [0.1, 0.15) is 18.3 Å². The van der Waals surface area contributed by atoms with Crippen molar-refractivity contribution in [3.63, 3.8) is 0 Å². The van der Waals surface area contributed by atoms with Crippen molar-refractivity contribution in [2.24, 2.45) is 4.99 Å². The second-order valence-corrected chi connectivity index (χ2v) is 5.17. The lowest BCUT2D eigenvalue weighted by molar-refractivity contribution is 0.574. The van der Waals surface area contributed by atoms with Crippen LogP contribution in [0.2, 0.25) is 0 Å². The molecule has 0 aliphatic heterocycles. The molecule has 1 aromatic carbocycles. The van der Waals surface area contributed by atoms with Gasteiger partial charge < -0.3 is 0 Å². The van der Waals surface area contributed by atoms with E-state index in [1.165, 1.54) is 6.07 Å². The zero-order chi connectivity index (χ0) is 17.6. The first-order valence-electron chi connectivity index (χ1n) is 7.71. The second kappa shape index (κ2) is 7.48. The van der Waals surface area contributed by atoms with E-state index >= 15 is 0 Å². The Morgan fingerprint density at radius 2 is 2.16 bits per heavy atom. The smallest absolute Gasteiger partial charge is 0.249 e. The first kappa shape index (κ1) is 16.5. The minimum atomic E-state index is -0.294. The number of benzene rings is 1. The number of hydrogen-bond donors (Lipinski definition) is 0. The molecule has 25 heavy (non-hydrogen) atoms. The van der Waals surface area contributed by atoms with Crippen molar-refractivity contribution in [1.82, 2.24) is 24.5 Å². The van der Waals surface area contributed by atoms with Crippen LogP contribution < -0.4 is 0 Å². The molecule has 0 fully saturated rings. The van der Waals surface area contributed by atoms with Crippen LogP contribution in [0.15, 0.2) is 65.9 Å². The lowest BCUT2D eigenvalue weighted by Gasteiger charge is -2.06. The monoisotopic (exact) mass is 336 g/mol. The van der Waals surface area contributed by atoms with E-state index in [0.29, 0.717) is 23.0 Å². The first-order valence-corrected chi connectivity index (χ1v) is 7.71. The minimum absolute atomic E-state index is 0.225. The Kier molecular flexibility index (Phi) is 4.94. The molecule has 2 heterocycles. The summed E-state index contributed by atoms with van der Waals surface area (Å²) in [4.78, 5) is 8.47. The van der Waals surface area contributed by atoms with Gasteiger partial charge in [-0.25, -0.2) is 13.8 Å². The third kappa shape index (κ3) is 3.60. The van der Waals surface area contributed by atoms with E-state index in [1.807, 2.05) is 19.1 Å². The van der Waals surface area contributed by atoms with Crippen molar-refractivity contribution in [3.05, 3.63) is 78.2 Å². The SMILES string of the molecule is C=NC(=CC=CC)c1nc(-n2cccn2)n(Cc2ccccc2F)n1. The molecule has 0 bridgehead atoms. The summed E-state index contributed by atoms with van der Waals surface area (Å²) >= 11 is 0. The van der Waals surface area contributed by atoms with Gasteiger partial charge in [-0.05, 0) is 31.9 Å². The van der Waals surface area contributed by atoms with Crippen molar-refractivity contribution in [2.45, 2.75) is 13.5 Å². The molecular weight excluding hydrogens is 319 g/mol. The second-order valence-electron chi connectivity index (χ2n) is 5.17. The molecule has 3 aromatic rings. The summed E-state index contributed by atoms with van der Waals surface area (Å²) in [5.74, 6) is 0.575. The maximum absolute atomic E-state index is 14.0. The number of aromatic nitrogens is 5. The topological polar surface area (TPSA) is 60.9 Å². The number of rotatable bonds is 6. The predicted molar refractivity (Wildman–Crippen MR) is 95.0 cm³/mol. The van der Waals surface area contributed by atoms with Crippen LogP contribution in [0.5, 0.6) is 0 Å². The van der Waals surface area contributed by atoms with E-state index in [2.05, 4.69) is 26.9 Å². The summed E-state index contributed by atoms with van der Waals surface area (Å²) in [6.07, 6.45) is 8.86. The Labute approximate surface area is 144 Å². The molecule has 6 nitrogen and oxygen atoms in total. The van der Waals surface area contributed by atoms with Crippen molar-refractivity contribution < 1.29 is 4.39 Å². The highest BCUT2D eigenvalue weighted by molar-refractivity contribution is 5.64. The van der Waals surface area contributed by atoms with Gasteiger partial charge in [0.25, 0.3) is 0 Å². The minimum Gasteiger partial charge on any atom is -0.261 e.